The molecule has 1 N–H and O–H groups in total. The molecule has 1 fully saturated rings. The highest BCUT2D eigenvalue weighted by Gasteiger charge is 2.26. The molecule has 0 amide bonds. The summed E-state index contributed by atoms with van der Waals surface area (Å²) in [6.07, 6.45) is 2.91. The number of aromatic hydroxyl groups is 1. The van der Waals surface area contributed by atoms with Gasteiger partial charge in [0.05, 0.1) is 4.90 Å². The highest BCUT2D eigenvalue weighted by molar-refractivity contribution is 7.89. The maximum atomic E-state index is 12.5. The number of benzene rings is 1. The molecule has 1 aromatic carbocycles. The number of nitrogens with zero attached hydrogens (tertiary/aromatic N) is 1. The summed E-state index contributed by atoms with van der Waals surface area (Å²) in [5.41, 5.74) is 0.843. The number of rotatable bonds is 3. The molecule has 0 unspecified atom stereocenters. The zero-order chi connectivity index (χ0) is 14.0. The summed E-state index contributed by atoms with van der Waals surface area (Å²) >= 11 is 0. The molecule has 19 heavy (non-hydrogen) atoms. The molecule has 0 atom stereocenters. The van der Waals surface area contributed by atoms with Crippen LogP contribution in [0.4, 0.5) is 0 Å². The van der Waals surface area contributed by atoms with Crippen molar-refractivity contribution in [1.29, 1.82) is 0 Å². The lowest BCUT2D eigenvalue weighted by Crippen LogP contribution is -2.35. The second-order valence-electron chi connectivity index (χ2n) is 5.38. The first-order valence-corrected chi connectivity index (χ1v) is 8.19. The Bertz CT molecular complexity index is 546. The minimum Gasteiger partial charge on any atom is -0.508 e. The van der Waals surface area contributed by atoms with Crippen molar-refractivity contribution in [2.75, 3.05) is 13.1 Å². The Hall–Kier alpha value is -1.07. The SMILES string of the molecule is CC(C)c1cc(O)cc(S(=O)(=O)N2CCCCC2)c1. The van der Waals surface area contributed by atoms with Gasteiger partial charge in [0, 0.05) is 13.1 Å². The van der Waals surface area contributed by atoms with Crippen LogP contribution in [0.1, 0.15) is 44.6 Å². The highest BCUT2D eigenvalue weighted by atomic mass is 32.2. The molecule has 0 radical (unpaired) electrons. The lowest BCUT2D eigenvalue weighted by Gasteiger charge is -2.26. The molecular weight excluding hydrogens is 262 g/mol. The van der Waals surface area contributed by atoms with E-state index in [-0.39, 0.29) is 16.6 Å². The first kappa shape index (κ1) is 14.3. The Kier molecular flexibility index (Phi) is 4.16. The van der Waals surface area contributed by atoms with Gasteiger partial charge in [0.1, 0.15) is 5.75 Å². The molecule has 2 rings (SSSR count). The van der Waals surface area contributed by atoms with Gasteiger partial charge < -0.3 is 5.11 Å². The highest BCUT2D eigenvalue weighted by Crippen LogP contribution is 2.28. The Morgan fingerprint density at radius 2 is 1.74 bits per heavy atom. The molecule has 1 heterocycles. The third-order valence-corrected chi connectivity index (χ3v) is 5.41. The molecule has 106 valence electrons. The fourth-order valence-corrected chi connectivity index (χ4v) is 3.93. The maximum absolute atomic E-state index is 12.5. The summed E-state index contributed by atoms with van der Waals surface area (Å²) in [4.78, 5) is 0.207. The van der Waals surface area contributed by atoms with Gasteiger partial charge in [0.15, 0.2) is 0 Å². The van der Waals surface area contributed by atoms with Crippen molar-refractivity contribution in [3.8, 4) is 5.75 Å². The molecule has 1 aliphatic rings. The van der Waals surface area contributed by atoms with Crippen LogP contribution in [0.25, 0.3) is 0 Å². The van der Waals surface area contributed by atoms with Crippen molar-refractivity contribution in [3.05, 3.63) is 23.8 Å². The smallest absolute Gasteiger partial charge is 0.243 e. The van der Waals surface area contributed by atoms with Crippen molar-refractivity contribution >= 4 is 10.0 Å². The van der Waals surface area contributed by atoms with Gasteiger partial charge in [-0.15, -0.1) is 0 Å². The Morgan fingerprint density at radius 1 is 1.11 bits per heavy atom. The van der Waals surface area contributed by atoms with E-state index >= 15 is 0 Å². The summed E-state index contributed by atoms with van der Waals surface area (Å²) in [6, 6.07) is 4.64. The van der Waals surface area contributed by atoms with Gasteiger partial charge >= 0.3 is 0 Å². The van der Waals surface area contributed by atoms with E-state index in [0.717, 1.165) is 24.8 Å². The molecule has 5 heteroatoms. The number of phenolic OH excluding ortho intramolecular Hbond substituents is 1. The standard InChI is InChI=1S/C14H21NO3S/c1-11(2)12-8-13(16)10-14(9-12)19(17,18)15-6-4-3-5-7-15/h8-11,16H,3-7H2,1-2H3. The van der Waals surface area contributed by atoms with E-state index in [1.807, 2.05) is 13.8 Å². The Balaban J connectivity index is 2.39. The first-order valence-electron chi connectivity index (χ1n) is 6.75. The van der Waals surface area contributed by atoms with Gasteiger partial charge in [-0.1, -0.05) is 20.3 Å². The van der Waals surface area contributed by atoms with Crippen molar-refractivity contribution in [3.63, 3.8) is 0 Å². The van der Waals surface area contributed by atoms with E-state index in [9.17, 15) is 13.5 Å². The molecular formula is C14H21NO3S. The van der Waals surface area contributed by atoms with E-state index in [1.54, 1.807) is 12.1 Å². The zero-order valence-corrected chi connectivity index (χ0v) is 12.3. The molecule has 1 saturated heterocycles. The van der Waals surface area contributed by atoms with Gasteiger partial charge in [-0.25, -0.2) is 8.42 Å². The predicted molar refractivity (Wildman–Crippen MR) is 74.8 cm³/mol. The largest absolute Gasteiger partial charge is 0.508 e. The maximum Gasteiger partial charge on any atom is 0.243 e. The van der Waals surface area contributed by atoms with Gasteiger partial charge in [-0.2, -0.15) is 4.31 Å². The Labute approximate surface area is 115 Å². The molecule has 0 aliphatic carbocycles. The van der Waals surface area contributed by atoms with Crippen LogP contribution in [0.3, 0.4) is 0 Å². The zero-order valence-electron chi connectivity index (χ0n) is 11.5. The molecule has 4 nitrogen and oxygen atoms in total. The number of hydrogen-bond acceptors (Lipinski definition) is 3. The van der Waals surface area contributed by atoms with E-state index in [0.29, 0.717) is 13.1 Å². The minimum atomic E-state index is -3.47. The second kappa shape index (κ2) is 5.51. The van der Waals surface area contributed by atoms with Crippen molar-refractivity contribution < 1.29 is 13.5 Å². The molecule has 0 spiro atoms. The van der Waals surface area contributed by atoms with Crippen LogP contribution in [0.15, 0.2) is 23.1 Å². The molecule has 0 saturated carbocycles. The fraction of sp³-hybridized carbons (Fsp3) is 0.571. The van der Waals surface area contributed by atoms with Crippen LogP contribution >= 0.6 is 0 Å². The van der Waals surface area contributed by atoms with Gasteiger partial charge in [0.25, 0.3) is 0 Å². The van der Waals surface area contributed by atoms with Gasteiger partial charge in [0.2, 0.25) is 10.0 Å². The summed E-state index contributed by atoms with van der Waals surface area (Å²) in [7, 11) is -3.47. The minimum absolute atomic E-state index is 0.0155. The number of piperidine rings is 1. The summed E-state index contributed by atoms with van der Waals surface area (Å²) < 4.78 is 26.6. The predicted octanol–water partition coefficient (Wildman–Crippen LogP) is 2.69. The topological polar surface area (TPSA) is 57.6 Å². The van der Waals surface area contributed by atoms with E-state index in [4.69, 9.17) is 0 Å². The van der Waals surface area contributed by atoms with Crippen molar-refractivity contribution in [1.82, 2.24) is 4.31 Å². The second-order valence-corrected chi connectivity index (χ2v) is 7.32. The quantitative estimate of drug-likeness (QED) is 0.928. The molecule has 0 aromatic heterocycles. The van der Waals surface area contributed by atoms with Crippen LogP contribution < -0.4 is 0 Å². The average Bonchev–Trinajstić information content (AvgIpc) is 2.39. The Morgan fingerprint density at radius 3 is 2.32 bits per heavy atom. The number of hydrogen-bond donors (Lipinski definition) is 1. The molecule has 1 aromatic rings. The monoisotopic (exact) mass is 283 g/mol. The summed E-state index contributed by atoms with van der Waals surface area (Å²) in [5, 5.41) is 9.72. The van der Waals surface area contributed by atoms with Gasteiger partial charge in [-0.05, 0) is 42.5 Å². The van der Waals surface area contributed by atoms with Crippen molar-refractivity contribution in [2.24, 2.45) is 0 Å². The third-order valence-electron chi connectivity index (χ3n) is 3.53. The van der Waals surface area contributed by atoms with E-state index in [1.165, 1.54) is 10.4 Å². The number of sulfonamides is 1. The van der Waals surface area contributed by atoms with Crippen LogP contribution in [0.2, 0.25) is 0 Å². The van der Waals surface area contributed by atoms with Crippen LogP contribution in [-0.2, 0) is 10.0 Å². The lowest BCUT2D eigenvalue weighted by molar-refractivity contribution is 0.346. The van der Waals surface area contributed by atoms with Crippen molar-refractivity contribution in [2.45, 2.75) is 43.9 Å². The van der Waals surface area contributed by atoms with Crippen LogP contribution in [-0.4, -0.2) is 30.9 Å². The fourth-order valence-electron chi connectivity index (χ4n) is 2.34. The normalized spacial score (nSPS) is 17.8. The average molecular weight is 283 g/mol. The summed E-state index contributed by atoms with van der Waals surface area (Å²) in [5.74, 6) is 0.198. The number of phenols is 1. The van der Waals surface area contributed by atoms with Crippen LogP contribution in [0.5, 0.6) is 5.75 Å². The summed E-state index contributed by atoms with van der Waals surface area (Å²) in [6.45, 7) is 5.11. The lowest BCUT2D eigenvalue weighted by atomic mass is 10.0. The van der Waals surface area contributed by atoms with E-state index < -0.39 is 10.0 Å². The first-order chi connectivity index (χ1) is 8.91. The molecule has 0 bridgehead atoms. The molecule has 1 aliphatic heterocycles. The van der Waals surface area contributed by atoms with Gasteiger partial charge in [-0.3, -0.25) is 0 Å². The van der Waals surface area contributed by atoms with E-state index in [2.05, 4.69) is 0 Å². The third kappa shape index (κ3) is 3.09. The van der Waals surface area contributed by atoms with Crippen LogP contribution in [0, 0.1) is 0 Å².